The number of nitrogens with one attached hydrogen (secondary N) is 1. The number of nitrogens with two attached hydrogens (primary N) is 1. The lowest BCUT2D eigenvalue weighted by Gasteiger charge is -2.36. The second kappa shape index (κ2) is 7.07. The van der Waals surface area contributed by atoms with Crippen LogP contribution >= 0.6 is 12.2 Å². The number of amides is 1. The predicted molar refractivity (Wildman–Crippen MR) is 79.4 cm³/mol. The molecular formula is C14H26N2OS. The Bertz CT molecular complexity index is 296. The van der Waals surface area contributed by atoms with Crippen LogP contribution in [-0.4, -0.2) is 16.4 Å². The first-order valence-corrected chi connectivity index (χ1v) is 7.54. The largest absolute Gasteiger partial charge is 0.391 e. The van der Waals surface area contributed by atoms with Gasteiger partial charge in [0.05, 0.1) is 10.5 Å². The maximum absolute atomic E-state index is 12.1. The van der Waals surface area contributed by atoms with Gasteiger partial charge in [0, 0.05) is 5.92 Å². The molecule has 1 saturated carbocycles. The van der Waals surface area contributed by atoms with Crippen LogP contribution in [0.25, 0.3) is 0 Å². The quantitative estimate of drug-likeness (QED) is 0.772. The first-order valence-electron chi connectivity index (χ1n) is 7.14. The van der Waals surface area contributed by atoms with Crippen LogP contribution in [0.2, 0.25) is 0 Å². The average molecular weight is 270 g/mol. The standard InChI is InChI=1S/C14H26N2OS/c1-3-11(2)12(17)16-14(13(15)18)9-7-5-4-6-8-10-14/h11H,3-10H2,1-2H3,(H2,15,18)(H,16,17). The van der Waals surface area contributed by atoms with Gasteiger partial charge < -0.3 is 11.1 Å². The van der Waals surface area contributed by atoms with Gasteiger partial charge in [0.1, 0.15) is 0 Å². The molecule has 0 bridgehead atoms. The summed E-state index contributed by atoms with van der Waals surface area (Å²) in [6, 6.07) is 0. The van der Waals surface area contributed by atoms with Crippen LogP contribution in [0.3, 0.4) is 0 Å². The molecule has 0 saturated heterocycles. The Morgan fingerprint density at radius 1 is 1.28 bits per heavy atom. The molecule has 0 aromatic carbocycles. The summed E-state index contributed by atoms with van der Waals surface area (Å²) in [5, 5.41) is 3.15. The molecule has 0 aliphatic heterocycles. The van der Waals surface area contributed by atoms with E-state index in [1.54, 1.807) is 0 Å². The Balaban J connectivity index is 2.77. The molecule has 0 aromatic rings. The lowest BCUT2D eigenvalue weighted by molar-refractivity contribution is -0.126. The zero-order valence-electron chi connectivity index (χ0n) is 11.6. The van der Waals surface area contributed by atoms with E-state index >= 15 is 0 Å². The molecule has 1 aliphatic carbocycles. The minimum absolute atomic E-state index is 0.0293. The first-order chi connectivity index (χ1) is 8.52. The highest BCUT2D eigenvalue weighted by molar-refractivity contribution is 7.80. The fourth-order valence-corrected chi connectivity index (χ4v) is 2.74. The van der Waals surface area contributed by atoms with Crippen molar-refractivity contribution in [2.75, 3.05) is 0 Å². The average Bonchev–Trinajstić information content (AvgIpc) is 2.31. The van der Waals surface area contributed by atoms with Crippen LogP contribution in [0.15, 0.2) is 0 Å². The molecule has 0 aromatic heterocycles. The molecule has 1 rings (SSSR count). The van der Waals surface area contributed by atoms with Gasteiger partial charge in [0.25, 0.3) is 0 Å². The summed E-state index contributed by atoms with van der Waals surface area (Å²) in [5.41, 5.74) is 5.49. The van der Waals surface area contributed by atoms with Crippen molar-refractivity contribution in [1.82, 2.24) is 5.32 Å². The van der Waals surface area contributed by atoms with Gasteiger partial charge in [0.15, 0.2) is 0 Å². The van der Waals surface area contributed by atoms with E-state index in [1.165, 1.54) is 19.3 Å². The normalized spacial score (nSPS) is 21.4. The fraction of sp³-hybridized carbons (Fsp3) is 0.857. The van der Waals surface area contributed by atoms with Gasteiger partial charge in [-0.25, -0.2) is 0 Å². The van der Waals surface area contributed by atoms with Gasteiger partial charge in [-0.2, -0.15) is 0 Å². The van der Waals surface area contributed by atoms with Crippen LogP contribution in [-0.2, 0) is 4.79 Å². The van der Waals surface area contributed by atoms with Crippen molar-refractivity contribution in [3.8, 4) is 0 Å². The smallest absolute Gasteiger partial charge is 0.223 e. The van der Waals surface area contributed by atoms with Crippen molar-refractivity contribution in [2.24, 2.45) is 11.7 Å². The predicted octanol–water partition coefficient (Wildman–Crippen LogP) is 2.92. The summed E-state index contributed by atoms with van der Waals surface area (Å²) in [6.45, 7) is 3.97. The van der Waals surface area contributed by atoms with Crippen molar-refractivity contribution in [2.45, 2.75) is 70.8 Å². The molecule has 1 fully saturated rings. The Kier molecular flexibility index (Phi) is 6.06. The molecular weight excluding hydrogens is 244 g/mol. The zero-order valence-corrected chi connectivity index (χ0v) is 12.4. The zero-order chi connectivity index (χ0) is 13.6. The highest BCUT2D eigenvalue weighted by Gasteiger charge is 2.35. The van der Waals surface area contributed by atoms with E-state index in [-0.39, 0.29) is 11.8 Å². The summed E-state index contributed by atoms with van der Waals surface area (Å²) < 4.78 is 0. The topological polar surface area (TPSA) is 55.1 Å². The Morgan fingerprint density at radius 2 is 1.78 bits per heavy atom. The molecule has 4 heteroatoms. The lowest BCUT2D eigenvalue weighted by atomic mass is 9.83. The van der Waals surface area contributed by atoms with Crippen LogP contribution in [0.1, 0.15) is 65.2 Å². The van der Waals surface area contributed by atoms with Crippen LogP contribution in [0, 0.1) is 5.92 Å². The second-order valence-electron chi connectivity index (χ2n) is 5.51. The van der Waals surface area contributed by atoms with Crippen molar-refractivity contribution >= 4 is 23.1 Å². The molecule has 1 unspecified atom stereocenters. The SMILES string of the molecule is CCC(C)C(=O)NC1(C(N)=S)CCCCCCC1. The molecule has 0 spiro atoms. The molecule has 18 heavy (non-hydrogen) atoms. The van der Waals surface area contributed by atoms with E-state index in [1.807, 2.05) is 13.8 Å². The molecule has 0 heterocycles. The van der Waals surface area contributed by atoms with Crippen LogP contribution < -0.4 is 11.1 Å². The van der Waals surface area contributed by atoms with E-state index in [0.717, 1.165) is 32.1 Å². The van der Waals surface area contributed by atoms with E-state index in [0.29, 0.717) is 4.99 Å². The fourth-order valence-electron chi connectivity index (χ4n) is 2.49. The van der Waals surface area contributed by atoms with Gasteiger partial charge in [-0.1, -0.05) is 58.2 Å². The van der Waals surface area contributed by atoms with E-state index in [4.69, 9.17) is 18.0 Å². The number of carbonyl (C=O) groups excluding carboxylic acids is 1. The molecule has 104 valence electrons. The van der Waals surface area contributed by atoms with E-state index < -0.39 is 5.54 Å². The second-order valence-corrected chi connectivity index (χ2v) is 5.95. The third-order valence-corrected chi connectivity index (χ3v) is 4.49. The molecule has 0 radical (unpaired) electrons. The Hall–Kier alpha value is -0.640. The van der Waals surface area contributed by atoms with Gasteiger partial charge in [0.2, 0.25) is 5.91 Å². The molecule has 3 N–H and O–H groups in total. The maximum Gasteiger partial charge on any atom is 0.223 e. The van der Waals surface area contributed by atoms with Crippen molar-refractivity contribution in [1.29, 1.82) is 0 Å². The van der Waals surface area contributed by atoms with Gasteiger partial charge in [-0.15, -0.1) is 0 Å². The minimum atomic E-state index is -0.434. The monoisotopic (exact) mass is 270 g/mol. The minimum Gasteiger partial charge on any atom is -0.391 e. The van der Waals surface area contributed by atoms with Crippen molar-refractivity contribution in [3.63, 3.8) is 0 Å². The molecule has 3 nitrogen and oxygen atoms in total. The van der Waals surface area contributed by atoms with E-state index in [9.17, 15) is 4.79 Å². The van der Waals surface area contributed by atoms with Crippen LogP contribution in [0.4, 0.5) is 0 Å². The van der Waals surface area contributed by atoms with Gasteiger partial charge in [-0.05, 0) is 19.3 Å². The Morgan fingerprint density at radius 3 is 2.22 bits per heavy atom. The number of hydrogen-bond donors (Lipinski definition) is 2. The highest BCUT2D eigenvalue weighted by atomic mass is 32.1. The van der Waals surface area contributed by atoms with Gasteiger partial charge in [-0.3, -0.25) is 4.79 Å². The van der Waals surface area contributed by atoms with E-state index in [2.05, 4.69) is 5.32 Å². The highest BCUT2D eigenvalue weighted by Crippen LogP contribution is 2.27. The summed E-state index contributed by atoms with van der Waals surface area (Å²) in [7, 11) is 0. The summed E-state index contributed by atoms with van der Waals surface area (Å²) in [5.74, 6) is 0.118. The molecule has 1 amide bonds. The third-order valence-electron chi connectivity index (χ3n) is 4.10. The van der Waals surface area contributed by atoms with Crippen molar-refractivity contribution in [3.05, 3.63) is 0 Å². The molecule has 1 aliphatic rings. The lowest BCUT2D eigenvalue weighted by Crippen LogP contribution is -2.58. The number of carbonyl (C=O) groups is 1. The number of thiocarbonyl (C=S) groups is 1. The first kappa shape index (κ1) is 15.4. The maximum atomic E-state index is 12.1. The van der Waals surface area contributed by atoms with Gasteiger partial charge >= 0.3 is 0 Å². The molecule has 1 atom stereocenters. The number of rotatable bonds is 4. The number of hydrogen-bond acceptors (Lipinski definition) is 2. The summed E-state index contributed by atoms with van der Waals surface area (Å²) in [4.78, 5) is 12.6. The third kappa shape index (κ3) is 3.94. The summed E-state index contributed by atoms with van der Waals surface area (Å²) in [6.07, 6.45) is 8.53. The summed E-state index contributed by atoms with van der Waals surface area (Å²) >= 11 is 5.24. The Labute approximate surface area is 116 Å². The van der Waals surface area contributed by atoms with Crippen molar-refractivity contribution < 1.29 is 4.79 Å². The van der Waals surface area contributed by atoms with Crippen LogP contribution in [0.5, 0.6) is 0 Å².